The number of hydrogen-bond donors (Lipinski definition) is 1. The number of rotatable bonds is 5. The Balaban J connectivity index is 1.81. The van der Waals surface area contributed by atoms with Gasteiger partial charge in [0.15, 0.2) is 6.10 Å². The molecule has 2 rings (SSSR count). The first-order chi connectivity index (χ1) is 10.0. The van der Waals surface area contributed by atoms with Crippen molar-refractivity contribution in [1.82, 2.24) is 5.32 Å². The number of hydrogen-bond acceptors (Lipinski definition) is 2. The summed E-state index contributed by atoms with van der Waals surface area (Å²) in [6, 6.07) is 6.04. The third-order valence-electron chi connectivity index (χ3n) is 4.17. The van der Waals surface area contributed by atoms with E-state index in [2.05, 4.69) is 11.4 Å². The number of amides is 1. The quantitative estimate of drug-likeness (QED) is 0.896. The van der Waals surface area contributed by atoms with Gasteiger partial charge in [-0.15, -0.1) is 0 Å². The van der Waals surface area contributed by atoms with Gasteiger partial charge in [-0.1, -0.05) is 25.3 Å². The van der Waals surface area contributed by atoms with Gasteiger partial charge in [-0.25, -0.2) is 0 Å². The Bertz CT molecular complexity index is 458. The highest BCUT2D eigenvalue weighted by Crippen LogP contribution is 2.23. The van der Waals surface area contributed by atoms with Crippen molar-refractivity contribution >= 4 is 5.91 Å². The van der Waals surface area contributed by atoms with E-state index in [1.807, 2.05) is 32.9 Å². The van der Waals surface area contributed by atoms with E-state index in [1.54, 1.807) is 0 Å². The number of aryl methyl sites for hydroxylation is 2. The van der Waals surface area contributed by atoms with Crippen LogP contribution in [0.4, 0.5) is 0 Å². The Morgan fingerprint density at radius 1 is 1.19 bits per heavy atom. The summed E-state index contributed by atoms with van der Waals surface area (Å²) in [7, 11) is 0. The lowest BCUT2D eigenvalue weighted by Gasteiger charge is -2.23. The Labute approximate surface area is 128 Å². The maximum Gasteiger partial charge on any atom is 0.260 e. The first-order valence-electron chi connectivity index (χ1n) is 8.07. The first kappa shape index (κ1) is 15.9. The first-order valence-corrected chi connectivity index (χ1v) is 8.07. The predicted molar refractivity (Wildman–Crippen MR) is 85.6 cm³/mol. The minimum absolute atomic E-state index is 0.0141. The Morgan fingerprint density at radius 2 is 1.81 bits per heavy atom. The molecule has 3 heteroatoms. The zero-order valence-corrected chi connectivity index (χ0v) is 13.4. The fourth-order valence-corrected chi connectivity index (χ4v) is 3.04. The smallest absolute Gasteiger partial charge is 0.260 e. The van der Waals surface area contributed by atoms with Gasteiger partial charge in [0, 0.05) is 6.54 Å². The van der Waals surface area contributed by atoms with Crippen molar-refractivity contribution in [3.8, 4) is 5.75 Å². The summed E-state index contributed by atoms with van der Waals surface area (Å²) in [6.07, 6.45) is 5.98. The van der Waals surface area contributed by atoms with Gasteiger partial charge in [0.25, 0.3) is 5.91 Å². The molecule has 0 saturated heterocycles. The van der Waals surface area contributed by atoms with Crippen molar-refractivity contribution in [2.45, 2.75) is 59.0 Å². The van der Waals surface area contributed by atoms with Gasteiger partial charge < -0.3 is 10.1 Å². The lowest BCUT2D eigenvalue weighted by atomic mass is 9.89. The zero-order chi connectivity index (χ0) is 15.2. The molecular weight excluding hydrogens is 262 g/mol. The molecule has 1 N–H and O–H groups in total. The van der Waals surface area contributed by atoms with Crippen LogP contribution in [0.15, 0.2) is 18.2 Å². The number of benzene rings is 1. The molecule has 116 valence electrons. The summed E-state index contributed by atoms with van der Waals surface area (Å²) in [6.45, 7) is 6.68. The van der Waals surface area contributed by atoms with E-state index < -0.39 is 6.10 Å². The van der Waals surface area contributed by atoms with E-state index in [9.17, 15) is 4.79 Å². The third-order valence-corrected chi connectivity index (χ3v) is 4.17. The Kier molecular flexibility index (Phi) is 5.66. The molecule has 0 heterocycles. The molecule has 0 bridgehead atoms. The molecule has 21 heavy (non-hydrogen) atoms. The van der Waals surface area contributed by atoms with Crippen LogP contribution in [0.1, 0.15) is 50.2 Å². The predicted octanol–water partition coefficient (Wildman–Crippen LogP) is 3.77. The molecule has 1 aromatic rings. The lowest BCUT2D eigenvalue weighted by Crippen LogP contribution is -2.39. The SMILES string of the molecule is Cc1cc(C)cc(O[C@H](C)C(=O)NCC2CCCCC2)c1. The van der Waals surface area contributed by atoms with Gasteiger partial charge in [-0.05, 0) is 62.8 Å². The van der Waals surface area contributed by atoms with E-state index in [0.717, 1.165) is 23.4 Å². The topological polar surface area (TPSA) is 38.3 Å². The third kappa shape index (κ3) is 5.07. The second kappa shape index (κ2) is 7.48. The molecule has 1 aliphatic carbocycles. The summed E-state index contributed by atoms with van der Waals surface area (Å²) >= 11 is 0. The van der Waals surface area contributed by atoms with Crippen LogP contribution in [0.2, 0.25) is 0 Å². The maximum absolute atomic E-state index is 12.1. The highest BCUT2D eigenvalue weighted by molar-refractivity contribution is 5.80. The number of nitrogens with one attached hydrogen (secondary N) is 1. The summed E-state index contributed by atoms with van der Waals surface area (Å²) in [5.74, 6) is 1.41. The van der Waals surface area contributed by atoms with Crippen molar-refractivity contribution < 1.29 is 9.53 Å². The van der Waals surface area contributed by atoms with Gasteiger partial charge in [-0.3, -0.25) is 4.79 Å². The average Bonchev–Trinajstić information content (AvgIpc) is 2.44. The van der Waals surface area contributed by atoms with Crippen LogP contribution in [-0.4, -0.2) is 18.6 Å². The van der Waals surface area contributed by atoms with Gasteiger partial charge in [-0.2, -0.15) is 0 Å². The molecule has 0 radical (unpaired) electrons. The molecule has 1 amide bonds. The van der Waals surface area contributed by atoms with Crippen molar-refractivity contribution in [3.05, 3.63) is 29.3 Å². The second-order valence-electron chi connectivity index (χ2n) is 6.33. The van der Waals surface area contributed by atoms with Gasteiger partial charge in [0.05, 0.1) is 0 Å². The van der Waals surface area contributed by atoms with Crippen LogP contribution >= 0.6 is 0 Å². The van der Waals surface area contributed by atoms with E-state index in [-0.39, 0.29) is 5.91 Å². The summed E-state index contributed by atoms with van der Waals surface area (Å²) < 4.78 is 5.77. The highest BCUT2D eigenvalue weighted by Gasteiger charge is 2.18. The standard InChI is InChI=1S/C18H27NO2/c1-13-9-14(2)11-17(10-13)21-15(3)18(20)19-12-16-7-5-4-6-8-16/h9-11,15-16H,4-8,12H2,1-3H3,(H,19,20)/t15-/m1/s1. The van der Waals surface area contributed by atoms with Crippen LogP contribution < -0.4 is 10.1 Å². The normalized spacial score (nSPS) is 17.3. The van der Waals surface area contributed by atoms with E-state index in [4.69, 9.17) is 4.74 Å². The molecule has 1 aromatic carbocycles. The molecule has 1 fully saturated rings. The zero-order valence-electron chi connectivity index (χ0n) is 13.4. The van der Waals surface area contributed by atoms with Crippen LogP contribution in [0.25, 0.3) is 0 Å². The fourth-order valence-electron chi connectivity index (χ4n) is 3.04. The lowest BCUT2D eigenvalue weighted by molar-refractivity contribution is -0.127. The van der Waals surface area contributed by atoms with Crippen LogP contribution in [-0.2, 0) is 4.79 Å². The van der Waals surface area contributed by atoms with E-state index in [1.165, 1.54) is 32.1 Å². The van der Waals surface area contributed by atoms with Crippen molar-refractivity contribution in [1.29, 1.82) is 0 Å². The second-order valence-corrected chi connectivity index (χ2v) is 6.33. The molecule has 0 aromatic heterocycles. The Morgan fingerprint density at radius 3 is 2.43 bits per heavy atom. The van der Waals surface area contributed by atoms with Crippen molar-refractivity contribution in [2.75, 3.05) is 6.54 Å². The van der Waals surface area contributed by atoms with Crippen LogP contribution in [0, 0.1) is 19.8 Å². The molecular formula is C18H27NO2. The largest absolute Gasteiger partial charge is 0.481 e. The number of carbonyl (C=O) groups is 1. The summed E-state index contributed by atoms with van der Waals surface area (Å²) in [5, 5.41) is 3.04. The molecule has 1 atom stereocenters. The van der Waals surface area contributed by atoms with Crippen LogP contribution in [0.3, 0.4) is 0 Å². The number of carbonyl (C=O) groups excluding carboxylic acids is 1. The molecule has 0 spiro atoms. The summed E-state index contributed by atoms with van der Waals surface area (Å²) in [5.41, 5.74) is 2.31. The highest BCUT2D eigenvalue weighted by atomic mass is 16.5. The van der Waals surface area contributed by atoms with E-state index >= 15 is 0 Å². The molecule has 0 unspecified atom stereocenters. The number of ether oxygens (including phenoxy) is 1. The van der Waals surface area contributed by atoms with Crippen LogP contribution in [0.5, 0.6) is 5.75 Å². The minimum Gasteiger partial charge on any atom is -0.481 e. The summed E-state index contributed by atoms with van der Waals surface area (Å²) in [4.78, 5) is 12.1. The Hall–Kier alpha value is -1.51. The van der Waals surface area contributed by atoms with Gasteiger partial charge in [0.2, 0.25) is 0 Å². The van der Waals surface area contributed by atoms with Gasteiger partial charge >= 0.3 is 0 Å². The average molecular weight is 289 g/mol. The minimum atomic E-state index is -0.449. The molecule has 3 nitrogen and oxygen atoms in total. The molecule has 0 aliphatic heterocycles. The fraction of sp³-hybridized carbons (Fsp3) is 0.611. The van der Waals surface area contributed by atoms with Gasteiger partial charge in [0.1, 0.15) is 5.75 Å². The maximum atomic E-state index is 12.1. The van der Waals surface area contributed by atoms with Crippen molar-refractivity contribution in [3.63, 3.8) is 0 Å². The molecule has 1 saturated carbocycles. The monoisotopic (exact) mass is 289 g/mol. The van der Waals surface area contributed by atoms with E-state index in [0.29, 0.717) is 5.92 Å². The van der Waals surface area contributed by atoms with Crippen molar-refractivity contribution in [2.24, 2.45) is 5.92 Å². The molecule has 1 aliphatic rings.